The van der Waals surface area contributed by atoms with Crippen LogP contribution in [-0.4, -0.2) is 11.2 Å². The smallest absolute Gasteiger partial charge is 0.0727 e. The van der Waals surface area contributed by atoms with E-state index in [4.69, 9.17) is 0 Å². The number of aliphatic hydroxyl groups is 1. The van der Waals surface area contributed by atoms with Gasteiger partial charge in [0.05, 0.1) is 6.10 Å². The average Bonchev–Trinajstić information content (AvgIpc) is 3.03. The molecule has 4 aliphatic rings. The number of aliphatic hydroxyl groups excluding tert-OH is 1. The van der Waals surface area contributed by atoms with Crippen LogP contribution in [0.3, 0.4) is 0 Å². The highest BCUT2D eigenvalue weighted by atomic mass is 16.3. The number of allylic oxidation sites excluding steroid dienone is 7. The summed E-state index contributed by atoms with van der Waals surface area (Å²) in [6.45, 7) is 14.5. The number of fused-ring (bicyclic) bond motifs is 4. The van der Waals surface area contributed by atoms with E-state index in [0.717, 1.165) is 24.7 Å². The van der Waals surface area contributed by atoms with Crippen LogP contribution in [0.2, 0.25) is 0 Å². The van der Waals surface area contributed by atoms with Gasteiger partial charge >= 0.3 is 0 Å². The van der Waals surface area contributed by atoms with E-state index in [1.165, 1.54) is 31.3 Å². The highest BCUT2D eigenvalue weighted by molar-refractivity contribution is 5.49. The fourth-order valence-electron chi connectivity index (χ4n) is 7.05. The number of hydrogen-bond acceptors (Lipinski definition) is 1. The molecule has 0 aromatic rings. The van der Waals surface area contributed by atoms with Crippen LogP contribution in [0, 0.1) is 40.4 Å². The third-order valence-corrected chi connectivity index (χ3v) is 9.50. The molecule has 29 heavy (non-hydrogen) atoms. The summed E-state index contributed by atoms with van der Waals surface area (Å²) in [6, 6.07) is 0. The molecule has 4 aliphatic carbocycles. The lowest BCUT2D eigenvalue weighted by molar-refractivity contribution is 0.115. The molecule has 0 amide bonds. The van der Waals surface area contributed by atoms with Crippen molar-refractivity contribution in [3.8, 4) is 0 Å². The van der Waals surface area contributed by atoms with E-state index in [-0.39, 0.29) is 11.5 Å². The Morgan fingerprint density at radius 1 is 0.966 bits per heavy atom. The van der Waals surface area contributed by atoms with Crippen molar-refractivity contribution in [1.82, 2.24) is 0 Å². The molecule has 0 bridgehead atoms. The van der Waals surface area contributed by atoms with Crippen molar-refractivity contribution >= 4 is 0 Å². The second-order valence-corrected chi connectivity index (χ2v) is 11.4. The van der Waals surface area contributed by atoms with Gasteiger partial charge in [0.15, 0.2) is 0 Å². The fraction of sp³-hybridized carbons (Fsp3) is 0.714. The standard InChI is InChI=1S/C28H42O/c1-18(2)19(3)7-8-20(4)24-11-12-25-23-10-9-21-17-22(29)13-15-27(21,5)26(23)14-16-28(24,25)6/h7-10,17-20,22,24,26,29H,11-16H2,1-6H3/t19-,20+,22-,24+,26-,27-,28+/m0/s1. The van der Waals surface area contributed by atoms with Gasteiger partial charge in [-0.1, -0.05) is 77.5 Å². The van der Waals surface area contributed by atoms with Crippen molar-refractivity contribution in [2.24, 2.45) is 40.4 Å². The molecule has 1 heteroatoms. The third kappa shape index (κ3) is 3.42. The Bertz CT molecular complexity index is 765. The Morgan fingerprint density at radius 3 is 2.41 bits per heavy atom. The lowest BCUT2D eigenvalue weighted by atomic mass is 9.53. The first-order valence-corrected chi connectivity index (χ1v) is 12.2. The van der Waals surface area contributed by atoms with Gasteiger partial charge in [-0.2, -0.15) is 0 Å². The maximum atomic E-state index is 10.1. The number of hydrogen-bond donors (Lipinski definition) is 1. The van der Waals surface area contributed by atoms with Gasteiger partial charge in [0, 0.05) is 0 Å². The van der Waals surface area contributed by atoms with Crippen LogP contribution < -0.4 is 0 Å². The van der Waals surface area contributed by atoms with E-state index >= 15 is 0 Å². The van der Waals surface area contributed by atoms with Gasteiger partial charge < -0.3 is 5.11 Å². The summed E-state index contributed by atoms with van der Waals surface area (Å²) in [5, 5.41) is 10.1. The lowest BCUT2D eigenvalue weighted by Crippen LogP contribution is -2.42. The van der Waals surface area contributed by atoms with E-state index < -0.39 is 0 Å². The maximum absolute atomic E-state index is 10.1. The van der Waals surface area contributed by atoms with Gasteiger partial charge in [0.25, 0.3) is 0 Å². The molecule has 7 atom stereocenters. The van der Waals surface area contributed by atoms with Gasteiger partial charge in [0.1, 0.15) is 0 Å². The predicted octanol–water partition coefficient (Wildman–Crippen LogP) is 7.25. The summed E-state index contributed by atoms with van der Waals surface area (Å²) in [4.78, 5) is 0. The van der Waals surface area contributed by atoms with Crippen LogP contribution in [0.25, 0.3) is 0 Å². The van der Waals surface area contributed by atoms with Gasteiger partial charge in [-0.25, -0.2) is 0 Å². The molecule has 0 heterocycles. The van der Waals surface area contributed by atoms with Crippen LogP contribution in [0.15, 0.2) is 47.1 Å². The van der Waals surface area contributed by atoms with Crippen LogP contribution in [0.1, 0.15) is 80.1 Å². The summed E-state index contributed by atoms with van der Waals surface area (Å²) in [5.41, 5.74) is 5.44. The molecule has 0 unspecified atom stereocenters. The Morgan fingerprint density at radius 2 is 1.69 bits per heavy atom. The summed E-state index contributed by atoms with van der Waals surface area (Å²) in [6.07, 6.45) is 19.0. The lowest BCUT2D eigenvalue weighted by Gasteiger charge is -2.51. The van der Waals surface area contributed by atoms with Crippen molar-refractivity contribution < 1.29 is 5.11 Å². The van der Waals surface area contributed by atoms with Gasteiger partial charge in [-0.3, -0.25) is 0 Å². The topological polar surface area (TPSA) is 20.2 Å². The molecule has 0 aromatic carbocycles. The van der Waals surface area contributed by atoms with E-state index in [1.807, 2.05) is 0 Å². The Labute approximate surface area is 179 Å². The minimum atomic E-state index is -0.248. The third-order valence-electron chi connectivity index (χ3n) is 9.50. The fourth-order valence-corrected chi connectivity index (χ4v) is 7.05. The maximum Gasteiger partial charge on any atom is 0.0727 e. The predicted molar refractivity (Wildman–Crippen MR) is 123 cm³/mol. The molecule has 0 aliphatic heterocycles. The quantitative estimate of drug-likeness (QED) is 0.498. The number of rotatable bonds is 4. The molecule has 1 nitrogen and oxygen atoms in total. The highest BCUT2D eigenvalue weighted by Crippen LogP contribution is 2.63. The van der Waals surface area contributed by atoms with Crippen molar-refractivity contribution in [3.05, 3.63) is 47.1 Å². The molecule has 1 saturated carbocycles. The van der Waals surface area contributed by atoms with Gasteiger partial charge in [-0.15, -0.1) is 0 Å². The average molecular weight is 395 g/mol. The zero-order valence-electron chi connectivity index (χ0n) is 19.5. The molecular weight excluding hydrogens is 352 g/mol. The van der Waals surface area contributed by atoms with Crippen molar-refractivity contribution in [2.75, 3.05) is 0 Å². The van der Waals surface area contributed by atoms with Crippen molar-refractivity contribution in [2.45, 2.75) is 86.2 Å². The van der Waals surface area contributed by atoms with Crippen molar-refractivity contribution in [3.63, 3.8) is 0 Å². The SMILES string of the molecule is CC(C)[C@@H](C)C=C[C@@H](C)[C@H]1CCC2=C3C=CC4=C[C@@H](O)CC[C@]4(C)[C@H]3CC[C@@]21C. The van der Waals surface area contributed by atoms with Crippen molar-refractivity contribution in [1.29, 1.82) is 0 Å². The van der Waals surface area contributed by atoms with E-state index in [2.05, 4.69) is 71.9 Å². The minimum Gasteiger partial charge on any atom is -0.389 e. The van der Waals surface area contributed by atoms with Gasteiger partial charge in [0.2, 0.25) is 0 Å². The molecule has 160 valence electrons. The van der Waals surface area contributed by atoms with E-state index in [1.54, 1.807) is 11.1 Å². The largest absolute Gasteiger partial charge is 0.389 e. The first-order chi connectivity index (χ1) is 13.7. The molecular formula is C28H42O. The Hall–Kier alpha value is -1.08. The summed E-state index contributed by atoms with van der Waals surface area (Å²) < 4.78 is 0. The van der Waals surface area contributed by atoms with E-state index in [0.29, 0.717) is 23.2 Å². The molecule has 1 fully saturated rings. The Kier molecular flexibility index (Phi) is 5.52. The first-order valence-electron chi connectivity index (χ1n) is 12.2. The molecule has 0 spiro atoms. The summed E-state index contributed by atoms with van der Waals surface area (Å²) in [5.74, 6) is 3.45. The second-order valence-electron chi connectivity index (χ2n) is 11.4. The Balaban J connectivity index is 1.64. The summed E-state index contributed by atoms with van der Waals surface area (Å²) >= 11 is 0. The van der Waals surface area contributed by atoms with Gasteiger partial charge in [-0.05, 0) is 90.1 Å². The molecule has 0 radical (unpaired) electrons. The van der Waals surface area contributed by atoms with E-state index in [9.17, 15) is 5.11 Å². The molecule has 0 aromatic heterocycles. The summed E-state index contributed by atoms with van der Waals surface area (Å²) in [7, 11) is 0. The molecule has 1 N–H and O–H groups in total. The molecule has 0 saturated heterocycles. The van der Waals surface area contributed by atoms with Crippen LogP contribution >= 0.6 is 0 Å². The minimum absolute atomic E-state index is 0.230. The zero-order chi connectivity index (χ0) is 21.0. The normalized spacial score (nSPS) is 41.2. The first kappa shape index (κ1) is 21.2. The second kappa shape index (κ2) is 7.56. The van der Waals surface area contributed by atoms with Crippen LogP contribution in [0.4, 0.5) is 0 Å². The molecule has 4 rings (SSSR count). The zero-order valence-corrected chi connectivity index (χ0v) is 19.5. The highest BCUT2D eigenvalue weighted by Gasteiger charge is 2.53. The van der Waals surface area contributed by atoms with Crippen LogP contribution in [0.5, 0.6) is 0 Å². The van der Waals surface area contributed by atoms with Crippen LogP contribution in [-0.2, 0) is 0 Å². The monoisotopic (exact) mass is 394 g/mol.